The second-order valence-corrected chi connectivity index (χ2v) is 6.31. The number of rotatable bonds is 6. The summed E-state index contributed by atoms with van der Waals surface area (Å²) < 4.78 is 5.56. The maximum atomic E-state index is 5.56. The minimum absolute atomic E-state index is 0.741. The van der Waals surface area contributed by atoms with Crippen molar-refractivity contribution in [1.82, 2.24) is 10.3 Å². The lowest BCUT2D eigenvalue weighted by Gasteiger charge is -2.01. The molecule has 4 heteroatoms. The molecule has 0 spiro atoms. The molecule has 0 bridgehead atoms. The highest BCUT2D eigenvalue weighted by atomic mass is 32.1. The summed E-state index contributed by atoms with van der Waals surface area (Å²) in [5, 5.41) is 4.61. The zero-order chi connectivity index (χ0) is 13.2. The molecule has 3 rings (SSSR count). The normalized spacial score (nSPS) is 15.1. The zero-order valence-corrected chi connectivity index (χ0v) is 12.3. The van der Waals surface area contributed by atoms with Gasteiger partial charge < -0.3 is 9.73 Å². The molecule has 2 aromatic rings. The Labute approximate surface area is 118 Å². The number of thiazole rings is 1. The van der Waals surface area contributed by atoms with Crippen LogP contribution in [0.1, 0.15) is 42.3 Å². The van der Waals surface area contributed by atoms with Crippen molar-refractivity contribution >= 4 is 11.3 Å². The fourth-order valence-electron chi connectivity index (χ4n) is 2.17. The van der Waals surface area contributed by atoms with Gasteiger partial charge in [0.1, 0.15) is 0 Å². The average molecular weight is 276 g/mol. The zero-order valence-electron chi connectivity index (χ0n) is 11.5. The van der Waals surface area contributed by atoms with Crippen LogP contribution in [0.3, 0.4) is 0 Å². The van der Waals surface area contributed by atoms with Gasteiger partial charge in [0.25, 0.3) is 0 Å². The van der Waals surface area contributed by atoms with Gasteiger partial charge in [0.05, 0.1) is 12.0 Å². The number of hydrogen-bond donors (Lipinski definition) is 1. The first-order valence-electron chi connectivity index (χ1n) is 7.04. The number of nitrogens with one attached hydrogen (secondary N) is 1. The molecule has 0 atom stereocenters. The minimum atomic E-state index is 0.741. The second-order valence-electron chi connectivity index (χ2n) is 5.23. The Hall–Kier alpha value is -1.13. The summed E-state index contributed by atoms with van der Waals surface area (Å²) in [6.07, 6.45) is 6.58. The topological polar surface area (TPSA) is 38.1 Å². The first kappa shape index (κ1) is 12.9. The molecule has 19 heavy (non-hydrogen) atoms. The van der Waals surface area contributed by atoms with Gasteiger partial charge in [-0.1, -0.05) is 13.3 Å². The fourth-order valence-corrected chi connectivity index (χ4v) is 3.28. The summed E-state index contributed by atoms with van der Waals surface area (Å²) in [5.74, 6) is 0.931. The summed E-state index contributed by atoms with van der Waals surface area (Å²) in [5.41, 5.74) is 2.41. The first-order chi connectivity index (χ1) is 9.28. The average Bonchev–Trinajstić information content (AvgIpc) is 3.00. The van der Waals surface area contributed by atoms with Gasteiger partial charge in [-0.05, 0) is 37.8 Å². The maximum Gasteiger partial charge on any atom is 0.165 e. The summed E-state index contributed by atoms with van der Waals surface area (Å²) in [6.45, 7) is 5.23. The van der Waals surface area contributed by atoms with Crippen molar-refractivity contribution in [3.63, 3.8) is 0 Å². The molecular weight excluding hydrogens is 256 g/mol. The third kappa shape index (κ3) is 2.90. The molecule has 2 aromatic heterocycles. The van der Waals surface area contributed by atoms with Crippen LogP contribution in [0.4, 0.5) is 0 Å². The molecule has 0 radical (unpaired) electrons. The van der Waals surface area contributed by atoms with Gasteiger partial charge in [-0.15, -0.1) is 11.3 Å². The molecule has 1 fully saturated rings. The number of furan rings is 1. The van der Waals surface area contributed by atoms with Gasteiger partial charge in [-0.25, -0.2) is 4.98 Å². The molecule has 0 aliphatic heterocycles. The van der Waals surface area contributed by atoms with Gasteiger partial charge >= 0.3 is 0 Å². The molecule has 1 aliphatic rings. The number of aromatic nitrogens is 1. The van der Waals surface area contributed by atoms with Gasteiger partial charge in [0, 0.05) is 17.5 Å². The van der Waals surface area contributed by atoms with Crippen LogP contribution in [0.2, 0.25) is 0 Å². The van der Waals surface area contributed by atoms with E-state index >= 15 is 0 Å². The van der Waals surface area contributed by atoms with E-state index in [0.29, 0.717) is 0 Å². The monoisotopic (exact) mass is 276 g/mol. The summed E-state index contributed by atoms with van der Waals surface area (Å²) in [6, 6.07) is 2.74. The highest BCUT2D eigenvalue weighted by Crippen LogP contribution is 2.32. The SMILES string of the molecule is CCCc1nc(-c2occc2C)sc1CNC1CC1. The minimum Gasteiger partial charge on any atom is -0.462 e. The fraction of sp³-hybridized carbons (Fsp3) is 0.533. The lowest BCUT2D eigenvalue weighted by atomic mass is 10.2. The van der Waals surface area contributed by atoms with Crippen molar-refractivity contribution < 1.29 is 4.42 Å². The number of aryl methyl sites for hydroxylation is 2. The molecule has 102 valence electrons. The van der Waals surface area contributed by atoms with E-state index in [-0.39, 0.29) is 0 Å². The van der Waals surface area contributed by atoms with Crippen LogP contribution in [0.15, 0.2) is 16.7 Å². The molecule has 0 aromatic carbocycles. The van der Waals surface area contributed by atoms with Crippen molar-refractivity contribution in [2.24, 2.45) is 0 Å². The lowest BCUT2D eigenvalue weighted by Crippen LogP contribution is -2.15. The number of nitrogens with zero attached hydrogens (tertiary/aromatic N) is 1. The Morgan fingerprint density at radius 3 is 2.95 bits per heavy atom. The lowest BCUT2D eigenvalue weighted by molar-refractivity contribution is 0.580. The van der Waals surface area contributed by atoms with Crippen molar-refractivity contribution in [3.8, 4) is 10.8 Å². The third-order valence-electron chi connectivity index (χ3n) is 3.45. The van der Waals surface area contributed by atoms with Gasteiger partial charge in [0.2, 0.25) is 0 Å². The highest BCUT2D eigenvalue weighted by molar-refractivity contribution is 7.15. The van der Waals surface area contributed by atoms with Crippen molar-refractivity contribution in [3.05, 3.63) is 28.5 Å². The molecule has 1 aliphatic carbocycles. The van der Waals surface area contributed by atoms with Crippen molar-refractivity contribution in [2.45, 2.75) is 52.1 Å². The van der Waals surface area contributed by atoms with Crippen molar-refractivity contribution in [1.29, 1.82) is 0 Å². The molecule has 1 N–H and O–H groups in total. The smallest absolute Gasteiger partial charge is 0.165 e. The molecule has 3 nitrogen and oxygen atoms in total. The predicted octanol–water partition coefficient (Wildman–Crippen LogP) is 3.92. The van der Waals surface area contributed by atoms with Gasteiger partial charge in [0.15, 0.2) is 10.8 Å². The predicted molar refractivity (Wildman–Crippen MR) is 78.4 cm³/mol. The largest absolute Gasteiger partial charge is 0.462 e. The van der Waals surface area contributed by atoms with E-state index in [4.69, 9.17) is 9.40 Å². The second kappa shape index (κ2) is 5.47. The Bertz CT molecular complexity index is 554. The molecule has 0 unspecified atom stereocenters. The molecular formula is C15H20N2OS. The van der Waals surface area contributed by atoms with Crippen LogP contribution < -0.4 is 5.32 Å². The van der Waals surface area contributed by atoms with Crippen LogP contribution in [0, 0.1) is 6.92 Å². The third-order valence-corrected chi connectivity index (χ3v) is 4.55. The first-order valence-corrected chi connectivity index (χ1v) is 7.86. The quantitative estimate of drug-likeness (QED) is 0.869. The molecule has 2 heterocycles. The van der Waals surface area contributed by atoms with Crippen molar-refractivity contribution in [2.75, 3.05) is 0 Å². The van der Waals surface area contributed by atoms with Crippen LogP contribution >= 0.6 is 11.3 Å². The Morgan fingerprint density at radius 2 is 2.32 bits per heavy atom. The summed E-state index contributed by atoms with van der Waals surface area (Å²) >= 11 is 1.77. The Kier molecular flexibility index (Phi) is 3.71. The van der Waals surface area contributed by atoms with E-state index in [9.17, 15) is 0 Å². The van der Waals surface area contributed by atoms with E-state index in [0.717, 1.165) is 36.2 Å². The standard InChI is InChI=1S/C15H20N2OS/c1-3-4-12-13(9-16-11-5-6-11)19-15(17-12)14-10(2)7-8-18-14/h7-8,11,16H,3-6,9H2,1-2H3. The molecule has 1 saturated carbocycles. The summed E-state index contributed by atoms with van der Waals surface area (Å²) in [4.78, 5) is 6.16. The van der Waals surface area contributed by atoms with Gasteiger partial charge in [-0.2, -0.15) is 0 Å². The van der Waals surface area contributed by atoms with E-state index < -0.39 is 0 Å². The Morgan fingerprint density at radius 1 is 1.47 bits per heavy atom. The highest BCUT2D eigenvalue weighted by Gasteiger charge is 2.22. The number of hydrogen-bond acceptors (Lipinski definition) is 4. The van der Waals surface area contributed by atoms with E-state index in [1.165, 1.54) is 29.0 Å². The van der Waals surface area contributed by atoms with Crippen LogP contribution in [-0.2, 0) is 13.0 Å². The van der Waals surface area contributed by atoms with E-state index in [2.05, 4.69) is 19.2 Å². The molecule has 0 saturated heterocycles. The molecule has 0 amide bonds. The van der Waals surface area contributed by atoms with Gasteiger partial charge in [-0.3, -0.25) is 0 Å². The van der Waals surface area contributed by atoms with E-state index in [1.807, 2.05) is 6.07 Å². The maximum absolute atomic E-state index is 5.56. The Balaban J connectivity index is 1.84. The van der Waals surface area contributed by atoms with Crippen LogP contribution in [-0.4, -0.2) is 11.0 Å². The van der Waals surface area contributed by atoms with Crippen LogP contribution in [0.25, 0.3) is 10.8 Å². The van der Waals surface area contributed by atoms with E-state index in [1.54, 1.807) is 17.6 Å². The van der Waals surface area contributed by atoms with Crippen LogP contribution in [0.5, 0.6) is 0 Å². The summed E-state index contributed by atoms with van der Waals surface area (Å²) in [7, 11) is 0.